The summed E-state index contributed by atoms with van der Waals surface area (Å²) in [6.45, 7) is 1.32. The average Bonchev–Trinajstić information content (AvgIpc) is 3.12. The maximum atomic E-state index is 10.9. The van der Waals surface area contributed by atoms with E-state index in [1.807, 2.05) is 59.3 Å². The molecule has 0 saturated carbocycles. The summed E-state index contributed by atoms with van der Waals surface area (Å²) in [5.41, 5.74) is 3.15. The summed E-state index contributed by atoms with van der Waals surface area (Å²) in [7, 11) is 3.26. The van der Waals surface area contributed by atoms with Crippen LogP contribution in [0.4, 0.5) is 5.69 Å². The van der Waals surface area contributed by atoms with Crippen molar-refractivity contribution < 1.29 is 14.6 Å². The highest BCUT2D eigenvalue weighted by Crippen LogP contribution is 2.34. The lowest BCUT2D eigenvalue weighted by Crippen LogP contribution is -2.01. The molecule has 0 spiro atoms. The van der Waals surface area contributed by atoms with Crippen molar-refractivity contribution >= 4 is 16.5 Å². The van der Waals surface area contributed by atoms with Crippen molar-refractivity contribution in [3.05, 3.63) is 78.2 Å². The Morgan fingerprint density at radius 2 is 1.77 bits per heavy atom. The number of ether oxygens (including phenoxy) is 2. The fraction of sp³-hybridized carbons (Fsp3) is 0.208. The fourth-order valence-corrected chi connectivity index (χ4v) is 3.60. The molecule has 2 aromatic heterocycles. The van der Waals surface area contributed by atoms with Crippen LogP contribution in [0.3, 0.4) is 0 Å². The van der Waals surface area contributed by atoms with Gasteiger partial charge in [-0.05, 0) is 47.9 Å². The van der Waals surface area contributed by atoms with E-state index >= 15 is 0 Å². The molecule has 2 heterocycles. The van der Waals surface area contributed by atoms with Gasteiger partial charge in [0.15, 0.2) is 11.5 Å². The summed E-state index contributed by atoms with van der Waals surface area (Å²) in [5, 5.41) is 16.2. The molecule has 30 heavy (non-hydrogen) atoms. The first-order chi connectivity index (χ1) is 14.7. The molecule has 0 fully saturated rings. The molecule has 0 unspecified atom stereocenters. The molecule has 0 amide bonds. The van der Waals surface area contributed by atoms with E-state index in [9.17, 15) is 5.11 Å². The van der Waals surface area contributed by atoms with Crippen LogP contribution in [0.5, 0.6) is 17.4 Å². The second-order valence-electron chi connectivity index (χ2n) is 7.06. The van der Waals surface area contributed by atoms with Crippen LogP contribution in [0.2, 0.25) is 0 Å². The van der Waals surface area contributed by atoms with Gasteiger partial charge in [0.1, 0.15) is 0 Å². The number of benzene rings is 2. The van der Waals surface area contributed by atoms with Crippen LogP contribution in [-0.4, -0.2) is 28.9 Å². The molecule has 0 radical (unpaired) electrons. The molecule has 0 aliphatic rings. The molecule has 2 aromatic carbocycles. The third-order valence-corrected chi connectivity index (χ3v) is 5.21. The van der Waals surface area contributed by atoms with E-state index in [-0.39, 0.29) is 5.88 Å². The number of nitrogens with one attached hydrogen (secondary N) is 1. The zero-order valence-corrected chi connectivity index (χ0v) is 17.1. The molecular weight excluding hydrogens is 378 g/mol. The van der Waals surface area contributed by atoms with Crippen molar-refractivity contribution in [2.45, 2.75) is 19.5 Å². The Labute approximate surface area is 175 Å². The number of anilines is 1. The molecule has 0 atom stereocenters. The van der Waals surface area contributed by atoms with Gasteiger partial charge in [0.25, 0.3) is 0 Å². The molecule has 2 N–H and O–H groups in total. The number of hydrogen-bond donors (Lipinski definition) is 2. The van der Waals surface area contributed by atoms with Gasteiger partial charge in [0, 0.05) is 42.8 Å². The summed E-state index contributed by atoms with van der Waals surface area (Å²) in [6.07, 6.45) is 6.30. The van der Waals surface area contributed by atoms with E-state index in [0.29, 0.717) is 24.6 Å². The maximum absolute atomic E-state index is 10.9. The van der Waals surface area contributed by atoms with Gasteiger partial charge in [-0.1, -0.05) is 18.2 Å². The molecule has 0 saturated heterocycles. The number of pyridine rings is 1. The van der Waals surface area contributed by atoms with Crippen molar-refractivity contribution in [1.82, 2.24) is 9.55 Å². The second kappa shape index (κ2) is 8.78. The normalized spacial score (nSPS) is 10.9. The SMILES string of the molecule is COc1ccc(CCn2cc3cccc(NCc4ccncc4)c3c2O)cc1OC. The van der Waals surface area contributed by atoms with E-state index in [1.165, 1.54) is 0 Å². The van der Waals surface area contributed by atoms with Crippen LogP contribution in [0.1, 0.15) is 11.1 Å². The topological polar surface area (TPSA) is 68.5 Å². The summed E-state index contributed by atoms with van der Waals surface area (Å²) in [4.78, 5) is 4.05. The highest BCUT2D eigenvalue weighted by Gasteiger charge is 2.13. The molecule has 0 aliphatic carbocycles. The molecule has 6 nitrogen and oxygen atoms in total. The lowest BCUT2D eigenvalue weighted by Gasteiger charge is -2.11. The highest BCUT2D eigenvalue weighted by atomic mass is 16.5. The zero-order chi connectivity index (χ0) is 20.9. The van der Waals surface area contributed by atoms with Crippen LogP contribution in [0.25, 0.3) is 10.8 Å². The Kier molecular flexibility index (Phi) is 5.75. The molecule has 4 aromatic rings. The maximum Gasteiger partial charge on any atom is 0.201 e. The Hall–Kier alpha value is -3.67. The van der Waals surface area contributed by atoms with E-state index < -0.39 is 0 Å². The third kappa shape index (κ3) is 4.03. The highest BCUT2D eigenvalue weighted by molar-refractivity contribution is 5.98. The predicted octanol–water partition coefficient (Wildman–Crippen LogP) is 4.61. The van der Waals surface area contributed by atoms with Crippen LogP contribution in [0.15, 0.2) is 67.1 Å². The van der Waals surface area contributed by atoms with Crippen molar-refractivity contribution in [2.75, 3.05) is 19.5 Å². The number of hydrogen-bond acceptors (Lipinski definition) is 5. The average molecular weight is 403 g/mol. The summed E-state index contributed by atoms with van der Waals surface area (Å²) in [5.74, 6) is 1.68. The number of aromatic hydroxyl groups is 1. The number of aromatic nitrogens is 2. The van der Waals surface area contributed by atoms with Gasteiger partial charge in [-0.3, -0.25) is 4.98 Å². The smallest absolute Gasteiger partial charge is 0.201 e. The molecule has 0 bridgehead atoms. The molecular formula is C24H25N3O3. The van der Waals surface area contributed by atoms with Crippen LogP contribution < -0.4 is 14.8 Å². The van der Waals surface area contributed by atoms with Gasteiger partial charge in [0.2, 0.25) is 5.88 Å². The van der Waals surface area contributed by atoms with E-state index in [4.69, 9.17) is 9.47 Å². The Balaban J connectivity index is 1.53. The minimum Gasteiger partial charge on any atom is -0.494 e. The minimum atomic E-state index is 0.267. The van der Waals surface area contributed by atoms with Crippen LogP contribution >= 0.6 is 0 Å². The number of aryl methyl sites for hydroxylation is 2. The van der Waals surface area contributed by atoms with Crippen molar-refractivity contribution in [1.29, 1.82) is 0 Å². The van der Waals surface area contributed by atoms with Gasteiger partial charge >= 0.3 is 0 Å². The van der Waals surface area contributed by atoms with E-state index in [1.54, 1.807) is 26.6 Å². The first-order valence-corrected chi connectivity index (χ1v) is 9.84. The number of nitrogens with zero attached hydrogens (tertiary/aromatic N) is 2. The Bertz CT molecular complexity index is 1140. The number of rotatable bonds is 8. The molecule has 4 rings (SSSR count). The summed E-state index contributed by atoms with van der Waals surface area (Å²) < 4.78 is 12.6. The molecule has 154 valence electrons. The van der Waals surface area contributed by atoms with Gasteiger partial charge in [-0.2, -0.15) is 0 Å². The van der Waals surface area contributed by atoms with Crippen LogP contribution in [-0.2, 0) is 19.5 Å². The standard InChI is InChI=1S/C24H25N3O3/c1-29-21-7-6-17(14-22(21)30-2)10-13-27-16-19-4-3-5-20(23(19)24(27)28)26-15-18-8-11-25-12-9-18/h3-9,11-12,14,16,26,28H,10,13,15H2,1-2H3. The third-order valence-electron chi connectivity index (χ3n) is 5.21. The largest absolute Gasteiger partial charge is 0.494 e. The van der Waals surface area contributed by atoms with Gasteiger partial charge < -0.3 is 24.5 Å². The first-order valence-electron chi connectivity index (χ1n) is 9.84. The zero-order valence-electron chi connectivity index (χ0n) is 17.1. The minimum absolute atomic E-state index is 0.267. The Morgan fingerprint density at radius 1 is 0.967 bits per heavy atom. The van der Waals surface area contributed by atoms with E-state index in [2.05, 4.69) is 10.3 Å². The lowest BCUT2D eigenvalue weighted by molar-refractivity contribution is 0.354. The summed E-state index contributed by atoms with van der Waals surface area (Å²) in [6, 6.07) is 15.8. The van der Waals surface area contributed by atoms with Gasteiger partial charge in [0.05, 0.1) is 19.6 Å². The Morgan fingerprint density at radius 3 is 2.53 bits per heavy atom. The predicted molar refractivity (Wildman–Crippen MR) is 118 cm³/mol. The fourth-order valence-electron chi connectivity index (χ4n) is 3.60. The monoisotopic (exact) mass is 403 g/mol. The molecule has 6 heteroatoms. The second-order valence-corrected chi connectivity index (χ2v) is 7.06. The van der Waals surface area contributed by atoms with Gasteiger partial charge in [-0.25, -0.2) is 0 Å². The van der Waals surface area contributed by atoms with E-state index in [0.717, 1.165) is 34.0 Å². The van der Waals surface area contributed by atoms with Crippen molar-refractivity contribution in [2.24, 2.45) is 0 Å². The van der Waals surface area contributed by atoms with Gasteiger partial charge in [-0.15, -0.1) is 0 Å². The lowest BCUT2D eigenvalue weighted by atomic mass is 10.1. The molecule has 0 aliphatic heterocycles. The summed E-state index contributed by atoms with van der Waals surface area (Å²) >= 11 is 0. The van der Waals surface area contributed by atoms with Crippen molar-refractivity contribution in [3.63, 3.8) is 0 Å². The van der Waals surface area contributed by atoms with Crippen LogP contribution in [0, 0.1) is 0 Å². The number of fused-ring (bicyclic) bond motifs is 1. The number of methoxy groups -OCH3 is 2. The quantitative estimate of drug-likeness (QED) is 0.450. The van der Waals surface area contributed by atoms with Crippen molar-refractivity contribution in [3.8, 4) is 17.4 Å². The first kappa shape index (κ1) is 19.6.